The number of nitrogens with zero attached hydrogens (tertiary/aromatic N) is 1. The van der Waals surface area contributed by atoms with Crippen LogP contribution in [0.2, 0.25) is 0 Å². The monoisotopic (exact) mass is 435 g/mol. The highest BCUT2D eigenvalue weighted by molar-refractivity contribution is 5.95. The van der Waals surface area contributed by atoms with Crippen LogP contribution in [0.5, 0.6) is 0 Å². The molecule has 2 N–H and O–H groups in total. The molecule has 8 nitrogen and oxygen atoms in total. The number of amides is 3. The number of rotatable bonds is 7. The van der Waals surface area contributed by atoms with E-state index >= 15 is 0 Å². The second-order valence-electron chi connectivity index (χ2n) is 5.75. The molecular weight excluding hydrogens is 421 g/mol. The zero-order valence-electron chi connectivity index (χ0n) is 15.0. The predicted molar refractivity (Wildman–Crippen MR) is 88.7 cm³/mol. The Labute approximate surface area is 165 Å². The Bertz CT molecular complexity index is 929. The molecule has 0 spiro atoms. The fourth-order valence-electron chi connectivity index (χ4n) is 2.05. The number of carbonyl (C=O) groups is 3. The molecule has 2 aromatic rings. The zero-order chi connectivity index (χ0) is 22.3. The minimum atomic E-state index is -4.64. The first-order valence-corrected chi connectivity index (χ1v) is 8.23. The predicted octanol–water partition coefficient (Wildman–Crippen LogP) is 2.48. The molecule has 162 valence electrons. The maximum absolute atomic E-state index is 13.7. The van der Waals surface area contributed by atoms with Gasteiger partial charge >= 0.3 is 18.2 Å². The highest BCUT2D eigenvalue weighted by Gasteiger charge is 2.28. The number of oxazole rings is 1. The van der Waals surface area contributed by atoms with Gasteiger partial charge < -0.3 is 14.5 Å². The average molecular weight is 435 g/mol. The molecule has 0 saturated carbocycles. The summed E-state index contributed by atoms with van der Waals surface area (Å²) in [6, 6.07) is 1.47. The summed E-state index contributed by atoms with van der Waals surface area (Å²) in [5.74, 6) is -3.58. The van der Waals surface area contributed by atoms with E-state index in [9.17, 15) is 36.3 Å². The molecule has 2 rings (SSSR count). The van der Waals surface area contributed by atoms with E-state index in [0.717, 1.165) is 12.1 Å². The molecule has 13 heteroatoms. The maximum atomic E-state index is 13.7. The number of ether oxygens (including phenoxy) is 1. The van der Waals surface area contributed by atoms with Crippen LogP contribution in [0.4, 0.5) is 26.7 Å². The van der Waals surface area contributed by atoms with Gasteiger partial charge in [0.1, 0.15) is 18.2 Å². The SMILES string of the molecule is O=C(COC(=O)CCc1ncc(-c2ccc(F)cc2F)o1)NC(=O)NCC(F)(F)F. The van der Waals surface area contributed by atoms with E-state index < -0.39 is 48.9 Å². The number of urea groups is 1. The lowest BCUT2D eigenvalue weighted by Gasteiger charge is -2.09. The molecule has 0 fully saturated rings. The molecule has 0 radical (unpaired) electrons. The van der Waals surface area contributed by atoms with Crippen LogP contribution in [0.25, 0.3) is 11.3 Å². The van der Waals surface area contributed by atoms with Crippen LogP contribution < -0.4 is 10.6 Å². The number of halogens is 5. The summed E-state index contributed by atoms with van der Waals surface area (Å²) in [4.78, 5) is 37.9. The number of benzene rings is 1. The zero-order valence-corrected chi connectivity index (χ0v) is 15.0. The van der Waals surface area contributed by atoms with Crippen molar-refractivity contribution < 1.29 is 45.5 Å². The van der Waals surface area contributed by atoms with Crippen LogP contribution in [0.1, 0.15) is 12.3 Å². The third kappa shape index (κ3) is 7.48. The number of aromatic nitrogens is 1. The van der Waals surface area contributed by atoms with Gasteiger partial charge in [-0.15, -0.1) is 0 Å². The van der Waals surface area contributed by atoms with Crippen molar-refractivity contribution in [3.8, 4) is 11.3 Å². The van der Waals surface area contributed by atoms with Crippen LogP contribution in [0, 0.1) is 11.6 Å². The Balaban J connectivity index is 1.74. The average Bonchev–Trinajstić information content (AvgIpc) is 3.11. The van der Waals surface area contributed by atoms with Crippen LogP contribution in [0.3, 0.4) is 0 Å². The van der Waals surface area contributed by atoms with Crippen molar-refractivity contribution in [2.75, 3.05) is 13.2 Å². The smallest absolute Gasteiger partial charge is 0.405 e. The second-order valence-corrected chi connectivity index (χ2v) is 5.75. The molecule has 0 bridgehead atoms. The van der Waals surface area contributed by atoms with Gasteiger partial charge in [-0.2, -0.15) is 13.2 Å². The Morgan fingerprint density at radius 1 is 1.17 bits per heavy atom. The Hall–Kier alpha value is -3.51. The maximum Gasteiger partial charge on any atom is 0.405 e. The van der Waals surface area contributed by atoms with Gasteiger partial charge in [-0.3, -0.25) is 14.9 Å². The van der Waals surface area contributed by atoms with Crippen molar-refractivity contribution in [2.24, 2.45) is 0 Å². The second kappa shape index (κ2) is 9.80. The number of nitrogens with one attached hydrogen (secondary N) is 2. The van der Waals surface area contributed by atoms with Crippen molar-refractivity contribution in [3.63, 3.8) is 0 Å². The molecule has 0 aliphatic carbocycles. The number of aryl methyl sites for hydroxylation is 1. The van der Waals surface area contributed by atoms with Crippen LogP contribution in [-0.2, 0) is 20.7 Å². The summed E-state index contributed by atoms with van der Waals surface area (Å²) >= 11 is 0. The third-order valence-corrected chi connectivity index (χ3v) is 3.36. The molecule has 0 aliphatic rings. The van der Waals surface area contributed by atoms with Gasteiger partial charge in [0.15, 0.2) is 18.3 Å². The van der Waals surface area contributed by atoms with Crippen molar-refractivity contribution in [1.82, 2.24) is 15.6 Å². The Kier molecular flexibility index (Phi) is 7.44. The summed E-state index contributed by atoms with van der Waals surface area (Å²) in [6.07, 6.45) is -3.83. The standard InChI is InChI=1S/C17H14F5N3O5/c18-9-1-2-10(11(19)5-9)12-6-23-14(30-12)3-4-15(27)29-7-13(26)25-16(28)24-8-17(20,21)22/h1-2,5-6H,3-4,7-8H2,(H2,24,25,26,28). The number of hydrogen-bond acceptors (Lipinski definition) is 6. The summed E-state index contributed by atoms with van der Waals surface area (Å²) in [5.41, 5.74) is -0.0294. The Morgan fingerprint density at radius 3 is 2.57 bits per heavy atom. The number of esters is 1. The number of imide groups is 1. The van der Waals surface area contributed by atoms with Crippen molar-refractivity contribution in [3.05, 3.63) is 41.9 Å². The van der Waals surface area contributed by atoms with E-state index in [1.807, 2.05) is 0 Å². The largest absolute Gasteiger partial charge is 0.456 e. The molecule has 0 unspecified atom stereocenters. The molecule has 30 heavy (non-hydrogen) atoms. The van der Waals surface area contributed by atoms with Gasteiger partial charge in [0.2, 0.25) is 0 Å². The van der Waals surface area contributed by atoms with E-state index in [4.69, 9.17) is 4.42 Å². The van der Waals surface area contributed by atoms with Gasteiger partial charge in [-0.25, -0.2) is 18.6 Å². The number of carbonyl (C=O) groups excluding carboxylic acids is 3. The normalized spacial score (nSPS) is 11.1. The summed E-state index contributed by atoms with van der Waals surface area (Å²) in [5, 5.41) is 2.96. The van der Waals surface area contributed by atoms with Gasteiger partial charge in [-0.1, -0.05) is 0 Å². The lowest BCUT2D eigenvalue weighted by Crippen LogP contribution is -2.44. The highest BCUT2D eigenvalue weighted by atomic mass is 19.4. The molecule has 0 aliphatic heterocycles. The van der Waals surface area contributed by atoms with E-state index in [0.29, 0.717) is 6.07 Å². The van der Waals surface area contributed by atoms with Crippen LogP contribution in [0.15, 0.2) is 28.8 Å². The molecule has 1 aromatic heterocycles. The first kappa shape index (κ1) is 22.8. The Morgan fingerprint density at radius 2 is 1.90 bits per heavy atom. The quantitative estimate of drug-likeness (QED) is 0.511. The van der Waals surface area contributed by atoms with Gasteiger partial charge in [0, 0.05) is 12.5 Å². The first-order valence-electron chi connectivity index (χ1n) is 8.23. The molecular formula is C17H14F5N3O5. The minimum Gasteiger partial charge on any atom is -0.456 e. The van der Waals surface area contributed by atoms with Crippen molar-refractivity contribution >= 4 is 17.9 Å². The lowest BCUT2D eigenvalue weighted by atomic mass is 10.2. The first-order chi connectivity index (χ1) is 14.0. The fraction of sp³-hybridized carbons (Fsp3) is 0.294. The van der Waals surface area contributed by atoms with E-state index in [-0.39, 0.29) is 30.1 Å². The van der Waals surface area contributed by atoms with Gasteiger partial charge in [-0.05, 0) is 12.1 Å². The lowest BCUT2D eigenvalue weighted by molar-refractivity contribution is -0.148. The molecule has 1 aromatic carbocycles. The van der Waals surface area contributed by atoms with Crippen LogP contribution >= 0.6 is 0 Å². The van der Waals surface area contributed by atoms with Crippen molar-refractivity contribution in [2.45, 2.75) is 19.0 Å². The highest BCUT2D eigenvalue weighted by Crippen LogP contribution is 2.24. The van der Waals surface area contributed by atoms with E-state index in [2.05, 4.69) is 9.72 Å². The summed E-state index contributed by atoms with van der Waals surface area (Å²) < 4.78 is 72.2. The molecule has 1 heterocycles. The molecule has 0 saturated heterocycles. The number of alkyl halides is 3. The van der Waals surface area contributed by atoms with Gasteiger partial charge in [0.05, 0.1) is 18.2 Å². The summed E-state index contributed by atoms with van der Waals surface area (Å²) in [6.45, 7) is -2.53. The minimum absolute atomic E-state index is 0.0140. The molecule has 3 amide bonds. The summed E-state index contributed by atoms with van der Waals surface area (Å²) in [7, 11) is 0. The topological polar surface area (TPSA) is 111 Å². The van der Waals surface area contributed by atoms with Gasteiger partial charge in [0.25, 0.3) is 5.91 Å². The van der Waals surface area contributed by atoms with Crippen LogP contribution in [-0.4, -0.2) is 42.2 Å². The van der Waals surface area contributed by atoms with E-state index in [1.165, 1.54) is 11.5 Å². The fourth-order valence-corrected chi connectivity index (χ4v) is 2.05. The molecule has 0 atom stereocenters. The number of hydrogen-bond donors (Lipinski definition) is 2. The van der Waals surface area contributed by atoms with Crippen molar-refractivity contribution in [1.29, 1.82) is 0 Å². The van der Waals surface area contributed by atoms with E-state index in [1.54, 1.807) is 5.32 Å². The third-order valence-electron chi connectivity index (χ3n) is 3.36.